The number of imide groups is 1. The Kier molecular flexibility index (Phi) is 5.08. The fourth-order valence-corrected chi connectivity index (χ4v) is 1.69. The van der Waals surface area contributed by atoms with Crippen LogP contribution in [-0.4, -0.2) is 11.8 Å². The van der Waals surface area contributed by atoms with Crippen molar-refractivity contribution in [2.24, 2.45) is 0 Å². The zero-order valence-corrected chi connectivity index (χ0v) is 9.34. The van der Waals surface area contributed by atoms with Crippen LogP contribution in [0.4, 0.5) is 0 Å². The van der Waals surface area contributed by atoms with E-state index in [-0.39, 0.29) is 18.2 Å². The summed E-state index contributed by atoms with van der Waals surface area (Å²) < 4.78 is 0. The summed E-state index contributed by atoms with van der Waals surface area (Å²) in [5.74, 6) is -0.370. The summed E-state index contributed by atoms with van der Waals surface area (Å²) in [7, 11) is 0. The van der Waals surface area contributed by atoms with Crippen LogP contribution in [0, 0.1) is 0 Å². The second-order valence-corrected chi connectivity index (χ2v) is 3.99. The van der Waals surface area contributed by atoms with Gasteiger partial charge in [-0.3, -0.25) is 14.9 Å². The van der Waals surface area contributed by atoms with E-state index in [4.69, 9.17) is 0 Å². The van der Waals surface area contributed by atoms with Crippen molar-refractivity contribution in [1.82, 2.24) is 5.32 Å². The van der Waals surface area contributed by atoms with E-state index in [0.717, 1.165) is 12.8 Å². The molecular formula is C12H19NO2. The number of carbonyl (C=O) groups excluding carboxylic acids is 2. The maximum atomic E-state index is 11.2. The number of hydrogen-bond acceptors (Lipinski definition) is 2. The molecule has 0 atom stereocenters. The van der Waals surface area contributed by atoms with Gasteiger partial charge in [0.2, 0.25) is 5.91 Å². The van der Waals surface area contributed by atoms with Gasteiger partial charge in [-0.15, -0.1) is 0 Å². The highest BCUT2D eigenvalue weighted by Crippen LogP contribution is 2.12. The molecule has 1 fully saturated rings. The second-order valence-electron chi connectivity index (χ2n) is 3.99. The summed E-state index contributed by atoms with van der Waals surface area (Å²) in [6.07, 6.45) is 9.23. The highest BCUT2D eigenvalue weighted by Gasteiger charge is 2.22. The van der Waals surface area contributed by atoms with Gasteiger partial charge in [0.15, 0.2) is 0 Å². The van der Waals surface area contributed by atoms with Crippen LogP contribution in [0.15, 0.2) is 11.6 Å². The molecule has 15 heavy (non-hydrogen) atoms. The molecule has 0 aromatic rings. The molecule has 0 aromatic heterocycles. The molecule has 0 radical (unpaired) electrons. The smallest absolute Gasteiger partial charge is 0.253 e. The third-order valence-electron chi connectivity index (χ3n) is 2.59. The molecule has 3 nitrogen and oxygen atoms in total. The lowest BCUT2D eigenvalue weighted by molar-refractivity contribution is -0.124. The van der Waals surface area contributed by atoms with E-state index in [1.165, 1.54) is 25.7 Å². The van der Waals surface area contributed by atoms with E-state index in [1.54, 1.807) is 0 Å². The molecule has 0 bridgehead atoms. The molecule has 1 aliphatic heterocycles. The van der Waals surface area contributed by atoms with E-state index in [2.05, 4.69) is 12.2 Å². The predicted molar refractivity (Wildman–Crippen MR) is 59.2 cm³/mol. The molecule has 1 aliphatic rings. The van der Waals surface area contributed by atoms with E-state index in [9.17, 15) is 9.59 Å². The average molecular weight is 209 g/mol. The molecule has 0 saturated carbocycles. The van der Waals surface area contributed by atoms with Crippen LogP contribution in [0.3, 0.4) is 0 Å². The normalized spacial score (nSPS) is 18.6. The van der Waals surface area contributed by atoms with Crippen molar-refractivity contribution in [2.45, 2.75) is 51.9 Å². The Morgan fingerprint density at radius 2 is 1.93 bits per heavy atom. The maximum absolute atomic E-state index is 11.2. The summed E-state index contributed by atoms with van der Waals surface area (Å²) in [6, 6.07) is 0. The third kappa shape index (κ3) is 4.28. The molecule has 3 heteroatoms. The van der Waals surface area contributed by atoms with E-state index < -0.39 is 0 Å². The number of carbonyl (C=O) groups is 2. The molecule has 1 heterocycles. The SMILES string of the molecule is CCCCCCC/C=C1\CC(=O)NC1=O. The van der Waals surface area contributed by atoms with E-state index in [0.29, 0.717) is 5.57 Å². The Hall–Kier alpha value is -1.12. The molecule has 84 valence electrons. The van der Waals surface area contributed by atoms with Crippen LogP contribution in [0.25, 0.3) is 0 Å². The Morgan fingerprint density at radius 3 is 2.53 bits per heavy atom. The van der Waals surface area contributed by atoms with Gasteiger partial charge in [0.25, 0.3) is 5.91 Å². The molecular weight excluding hydrogens is 190 g/mol. The molecule has 0 aromatic carbocycles. The van der Waals surface area contributed by atoms with Crippen molar-refractivity contribution >= 4 is 11.8 Å². The van der Waals surface area contributed by atoms with Crippen LogP contribution in [-0.2, 0) is 9.59 Å². The van der Waals surface area contributed by atoms with Gasteiger partial charge < -0.3 is 0 Å². The van der Waals surface area contributed by atoms with Gasteiger partial charge in [-0.25, -0.2) is 0 Å². The maximum Gasteiger partial charge on any atom is 0.253 e. The minimum absolute atomic E-state index is 0.169. The van der Waals surface area contributed by atoms with Crippen LogP contribution < -0.4 is 5.32 Å². The van der Waals surface area contributed by atoms with Crippen LogP contribution in [0.5, 0.6) is 0 Å². The first kappa shape index (κ1) is 12.0. The summed E-state index contributed by atoms with van der Waals surface area (Å²) >= 11 is 0. The van der Waals surface area contributed by atoms with Crippen LogP contribution in [0.1, 0.15) is 51.9 Å². The summed E-state index contributed by atoms with van der Waals surface area (Å²) in [6.45, 7) is 2.19. The van der Waals surface area contributed by atoms with Gasteiger partial charge in [-0.2, -0.15) is 0 Å². The highest BCUT2D eigenvalue weighted by molar-refractivity contribution is 6.13. The highest BCUT2D eigenvalue weighted by atomic mass is 16.2. The first-order valence-corrected chi connectivity index (χ1v) is 5.77. The van der Waals surface area contributed by atoms with Crippen LogP contribution >= 0.6 is 0 Å². The number of rotatable bonds is 6. The average Bonchev–Trinajstić information content (AvgIpc) is 2.51. The minimum atomic E-state index is -0.200. The van der Waals surface area contributed by atoms with Crippen molar-refractivity contribution in [3.63, 3.8) is 0 Å². The van der Waals surface area contributed by atoms with Crippen molar-refractivity contribution in [3.05, 3.63) is 11.6 Å². The molecule has 0 spiro atoms. The third-order valence-corrected chi connectivity index (χ3v) is 2.59. The first-order valence-electron chi connectivity index (χ1n) is 5.77. The Bertz CT molecular complexity index is 269. The standard InChI is InChI=1S/C12H19NO2/c1-2-3-4-5-6-7-8-10-9-11(14)13-12(10)15/h8H,2-7,9H2,1H3,(H,13,14,15)/b10-8+. The van der Waals surface area contributed by atoms with Crippen molar-refractivity contribution in [3.8, 4) is 0 Å². The number of allylic oxidation sites excluding steroid dienone is 1. The van der Waals surface area contributed by atoms with E-state index in [1.807, 2.05) is 6.08 Å². The number of unbranched alkanes of at least 4 members (excludes halogenated alkanes) is 5. The summed E-state index contributed by atoms with van der Waals surface area (Å²) in [4.78, 5) is 22.0. The lowest BCUT2D eigenvalue weighted by Crippen LogP contribution is -2.19. The Balaban J connectivity index is 2.15. The van der Waals surface area contributed by atoms with Gasteiger partial charge in [-0.1, -0.05) is 38.7 Å². The lowest BCUT2D eigenvalue weighted by Gasteiger charge is -1.97. The summed E-state index contributed by atoms with van der Waals surface area (Å²) in [5.41, 5.74) is 0.649. The monoisotopic (exact) mass is 209 g/mol. The van der Waals surface area contributed by atoms with Gasteiger partial charge in [0.1, 0.15) is 0 Å². The first-order chi connectivity index (χ1) is 7.24. The fraction of sp³-hybridized carbons (Fsp3) is 0.667. The number of nitrogens with one attached hydrogen (secondary N) is 1. The van der Waals surface area contributed by atoms with Crippen LogP contribution in [0.2, 0.25) is 0 Å². The number of hydrogen-bond donors (Lipinski definition) is 1. The largest absolute Gasteiger partial charge is 0.292 e. The molecule has 1 N–H and O–H groups in total. The fourth-order valence-electron chi connectivity index (χ4n) is 1.69. The molecule has 0 aliphatic carbocycles. The summed E-state index contributed by atoms with van der Waals surface area (Å²) in [5, 5.41) is 2.28. The topological polar surface area (TPSA) is 46.2 Å². The zero-order valence-electron chi connectivity index (χ0n) is 9.34. The minimum Gasteiger partial charge on any atom is -0.292 e. The predicted octanol–water partition coefficient (Wildman–Crippen LogP) is 2.32. The quantitative estimate of drug-likeness (QED) is 0.414. The Labute approximate surface area is 90.9 Å². The molecule has 1 saturated heterocycles. The van der Waals surface area contributed by atoms with Crippen molar-refractivity contribution in [1.29, 1.82) is 0 Å². The Morgan fingerprint density at radius 1 is 1.20 bits per heavy atom. The lowest BCUT2D eigenvalue weighted by atomic mass is 10.1. The van der Waals surface area contributed by atoms with Gasteiger partial charge in [-0.05, 0) is 12.8 Å². The zero-order chi connectivity index (χ0) is 11.1. The van der Waals surface area contributed by atoms with Crippen molar-refractivity contribution < 1.29 is 9.59 Å². The number of amides is 2. The van der Waals surface area contributed by atoms with E-state index >= 15 is 0 Å². The van der Waals surface area contributed by atoms with Gasteiger partial charge in [0, 0.05) is 5.57 Å². The molecule has 1 rings (SSSR count). The van der Waals surface area contributed by atoms with Gasteiger partial charge >= 0.3 is 0 Å². The second kappa shape index (κ2) is 6.38. The van der Waals surface area contributed by atoms with Crippen molar-refractivity contribution in [2.75, 3.05) is 0 Å². The molecule has 0 unspecified atom stereocenters. The van der Waals surface area contributed by atoms with Gasteiger partial charge in [0.05, 0.1) is 6.42 Å². The molecule has 2 amide bonds.